The Morgan fingerprint density at radius 3 is 2.79 bits per heavy atom. The summed E-state index contributed by atoms with van der Waals surface area (Å²) in [5.41, 5.74) is 2.60. The number of amides is 3. The van der Waals surface area contributed by atoms with E-state index in [0.717, 1.165) is 30.5 Å². The third-order valence-corrected chi connectivity index (χ3v) is 7.07. The highest BCUT2D eigenvalue weighted by atomic mass is 16.2. The SMILES string of the molecule is CC(=O)N[C@H](C(=O)NC1CCc2ccn3c2C1C(=O)CC(C(=O)NCc1cn[nH]n1)C3)C1CC1. The van der Waals surface area contributed by atoms with Gasteiger partial charge in [0, 0.05) is 37.8 Å². The van der Waals surface area contributed by atoms with Crippen LogP contribution >= 0.6 is 0 Å². The summed E-state index contributed by atoms with van der Waals surface area (Å²) in [6, 6.07) is 1.07. The van der Waals surface area contributed by atoms with Crippen LogP contribution in [0.4, 0.5) is 0 Å². The molecule has 3 aliphatic rings. The number of ketones is 1. The van der Waals surface area contributed by atoms with Gasteiger partial charge in [0.1, 0.15) is 17.5 Å². The fraction of sp³-hybridized carbons (Fsp3) is 0.565. The number of aryl methyl sites for hydroxylation is 1. The number of nitrogens with zero attached hydrogens (tertiary/aromatic N) is 3. The molecule has 1 aliphatic heterocycles. The molecular formula is C23H29N7O4. The Labute approximate surface area is 196 Å². The van der Waals surface area contributed by atoms with E-state index in [1.807, 2.05) is 16.8 Å². The molecule has 34 heavy (non-hydrogen) atoms. The van der Waals surface area contributed by atoms with E-state index < -0.39 is 17.9 Å². The fourth-order valence-electron chi connectivity index (χ4n) is 5.28. The average Bonchev–Trinajstić information content (AvgIpc) is 3.40. The molecule has 3 unspecified atom stereocenters. The number of Topliss-reactive ketones (excluding diaryl/α,β-unsaturated/α-hetero) is 1. The van der Waals surface area contributed by atoms with Crippen LogP contribution in [0, 0.1) is 11.8 Å². The zero-order valence-corrected chi connectivity index (χ0v) is 19.0. The van der Waals surface area contributed by atoms with Crippen LogP contribution in [0.2, 0.25) is 0 Å². The number of aromatic nitrogens is 4. The summed E-state index contributed by atoms with van der Waals surface area (Å²) < 4.78 is 2.00. The number of aromatic amines is 1. The van der Waals surface area contributed by atoms with Crippen molar-refractivity contribution >= 4 is 23.5 Å². The number of hydrogen-bond donors (Lipinski definition) is 4. The highest BCUT2D eigenvalue weighted by molar-refractivity contribution is 5.93. The maximum Gasteiger partial charge on any atom is 0.243 e. The van der Waals surface area contributed by atoms with Crippen molar-refractivity contribution in [3.05, 3.63) is 35.4 Å². The second kappa shape index (κ2) is 9.03. The second-order valence-electron chi connectivity index (χ2n) is 9.57. The third-order valence-electron chi connectivity index (χ3n) is 7.07. The highest BCUT2D eigenvalue weighted by Crippen LogP contribution is 2.38. The largest absolute Gasteiger partial charge is 0.350 e. The Bertz CT molecular complexity index is 1100. The van der Waals surface area contributed by atoms with Crippen molar-refractivity contribution in [1.29, 1.82) is 0 Å². The summed E-state index contributed by atoms with van der Waals surface area (Å²) >= 11 is 0. The summed E-state index contributed by atoms with van der Waals surface area (Å²) in [5, 5.41) is 18.9. The summed E-state index contributed by atoms with van der Waals surface area (Å²) in [6.45, 7) is 2.04. The number of rotatable bonds is 7. The van der Waals surface area contributed by atoms with Gasteiger partial charge in [-0.05, 0) is 43.2 Å². The van der Waals surface area contributed by atoms with Crippen LogP contribution in [0.5, 0.6) is 0 Å². The van der Waals surface area contributed by atoms with Crippen LogP contribution in [-0.2, 0) is 38.7 Å². The van der Waals surface area contributed by atoms with Crippen molar-refractivity contribution in [3.8, 4) is 0 Å². The van der Waals surface area contributed by atoms with Gasteiger partial charge in [-0.1, -0.05) is 0 Å². The van der Waals surface area contributed by atoms with E-state index in [2.05, 4.69) is 31.4 Å². The minimum atomic E-state index is -0.568. The molecule has 4 atom stereocenters. The number of nitrogens with one attached hydrogen (secondary N) is 4. The van der Waals surface area contributed by atoms with Crippen LogP contribution in [0.3, 0.4) is 0 Å². The average molecular weight is 468 g/mol. The number of carbonyl (C=O) groups is 4. The molecule has 0 bridgehead atoms. The van der Waals surface area contributed by atoms with Gasteiger partial charge >= 0.3 is 0 Å². The Balaban J connectivity index is 1.32. The van der Waals surface area contributed by atoms with Crippen LogP contribution in [0.15, 0.2) is 18.5 Å². The van der Waals surface area contributed by atoms with E-state index in [4.69, 9.17) is 0 Å². The Morgan fingerprint density at radius 1 is 1.26 bits per heavy atom. The molecule has 2 aromatic heterocycles. The van der Waals surface area contributed by atoms with Gasteiger partial charge in [-0.15, -0.1) is 0 Å². The minimum absolute atomic E-state index is 0.0483. The molecule has 180 valence electrons. The van der Waals surface area contributed by atoms with Gasteiger partial charge in [0.25, 0.3) is 0 Å². The maximum atomic E-state index is 13.5. The maximum absolute atomic E-state index is 13.5. The zero-order valence-electron chi connectivity index (χ0n) is 19.0. The van der Waals surface area contributed by atoms with E-state index >= 15 is 0 Å². The van der Waals surface area contributed by atoms with Crippen molar-refractivity contribution in [1.82, 2.24) is 35.9 Å². The quantitative estimate of drug-likeness (QED) is 0.448. The van der Waals surface area contributed by atoms with Crippen molar-refractivity contribution in [2.24, 2.45) is 11.8 Å². The van der Waals surface area contributed by atoms with Gasteiger partial charge in [0.15, 0.2) is 0 Å². The van der Waals surface area contributed by atoms with Crippen molar-refractivity contribution < 1.29 is 19.2 Å². The van der Waals surface area contributed by atoms with Crippen molar-refractivity contribution in [3.63, 3.8) is 0 Å². The van der Waals surface area contributed by atoms with Crippen LogP contribution in [0.25, 0.3) is 0 Å². The normalized spacial score (nSPS) is 24.5. The number of carbonyl (C=O) groups excluding carboxylic acids is 4. The molecule has 1 saturated carbocycles. The Hall–Kier alpha value is -3.50. The lowest BCUT2D eigenvalue weighted by Crippen LogP contribution is -2.53. The Morgan fingerprint density at radius 2 is 2.09 bits per heavy atom. The minimum Gasteiger partial charge on any atom is -0.350 e. The molecule has 2 aromatic rings. The first kappa shape index (κ1) is 22.3. The van der Waals surface area contributed by atoms with Gasteiger partial charge in [0.2, 0.25) is 17.7 Å². The van der Waals surface area contributed by atoms with Crippen molar-refractivity contribution in [2.75, 3.05) is 0 Å². The lowest BCUT2D eigenvalue weighted by Gasteiger charge is -2.33. The van der Waals surface area contributed by atoms with E-state index in [1.54, 1.807) is 0 Å². The smallest absolute Gasteiger partial charge is 0.243 e. The molecule has 0 radical (unpaired) electrons. The van der Waals surface area contributed by atoms with Crippen LogP contribution < -0.4 is 16.0 Å². The first-order valence-electron chi connectivity index (χ1n) is 11.8. The zero-order chi connectivity index (χ0) is 23.8. The Kier molecular flexibility index (Phi) is 5.93. The van der Waals surface area contributed by atoms with E-state index in [1.165, 1.54) is 13.1 Å². The van der Waals surface area contributed by atoms with E-state index in [0.29, 0.717) is 18.7 Å². The summed E-state index contributed by atoms with van der Waals surface area (Å²) in [5.74, 6) is -1.61. The molecule has 0 saturated heterocycles. The predicted octanol–water partition coefficient (Wildman–Crippen LogP) is -0.0591. The molecule has 11 heteroatoms. The second-order valence-corrected chi connectivity index (χ2v) is 9.57. The topological polar surface area (TPSA) is 151 Å². The number of hydrogen-bond acceptors (Lipinski definition) is 6. The van der Waals surface area contributed by atoms with Crippen LogP contribution in [-0.4, -0.2) is 55.6 Å². The van der Waals surface area contributed by atoms with Gasteiger partial charge in [-0.3, -0.25) is 19.2 Å². The first-order chi connectivity index (χ1) is 16.4. The molecule has 5 rings (SSSR count). The molecule has 2 aliphatic carbocycles. The predicted molar refractivity (Wildman–Crippen MR) is 119 cm³/mol. The lowest BCUT2D eigenvalue weighted by molar-refractivity contribution is -0.131. The first-order valence-corrected chi connectivity index (χ1v) is 11.8. The van der Waals surface area contributed by atoms with Crippen LogP contribution in [0.1, 0.15) is 55.5 Å². The third kappa shape index (κ3) is 4.46. The summed E-state index contributed by atoms with van der Waals surface area (Å²) in [4.78, 5) is 51.1. The van der Waals surface area contributed by atoms with Gasteiger partial charge < -0.3 is 20.5 Å². The molecule has 3 heterocycles. The molecule has 0 spiro atoms. The summed E-state index contributed by atoms with van der Waals surface area (Å²) in [7, 11) is 0. The van der Waals surface area contributed by atoms with Gasteiger partial charge in [-0.25, -0.2) is 0 Å². The number of H-pyrrole nitrogens is 1. The van der Waals surface area contributed by atoms with E-state index in [9.17, 15) is 19.2 Å². The molecular weight excluding hydrogens is 438 g/mol. The molecule has 4 N–H and O–H groups in total. The fourth-order valence-corrected chi connectivity index (χ4v) is 5.28. The highest BCUT2D eigenvalue weighted by Gasteiger charge is 2.44. The standard InChI is InChI=1S/C23H29N7O4/c1-12(31)26-20(13-2-3-13)23(34)27-17-5-4-14-6-7-30-11-15(8-18(32)19(17)21(14)30)22(33)24-9-16-10-25-29-28-16/h6-7,10,13,15,17,19-20H,2-5,8-9,11H2,1H3,(H,24,33)(H,26,31)(H,27,34)(H,25,28,29)/t15?,17?,19?,20-/m0/s1. The molecule has 3 amide bonds. The van der Waals surface area contributed by atoms with Gasteiger partial charge in [0.05, 0.1) is 24.6 Å². The molecule has 0 aromatic carbocycles. The molecule has 11 nitrogen and oxygen atoms in total. The molecule has 1 fully saturated rings. The monoisotopic (exact) mass is 467 g/mol. The van der Waals surface area contributed by atoms with Gasteiger partial charge in [-0.2, -0.15) is 15.4 Å². The lowest BCUT2D eigenvalue weighted by atomic mass is 9.79. The van der Waals surface area contributed by atoms with E-state index in [-0.39, 0.29) is 48.4 Å². The summed E-state index contributed by atoms with van der Waals surface area (Å²) in [6.07, 6.45) is 6.76. The van der Waals surface area contributed by atoms with Crippen molar-refractivity contribution in [2.45, 2.75) is 70.1 Å².